The number of anilines is 1. The van der Waals surface area contributed by atoms with Gasteiger partial charge in [0.1, 0.15) is 5.78 Å². The maximum Gasteiger partial charge on any atom is 0.140 e. The zero-order valence-electron chi connectivity index (χ0n) is 12.5. The first-order valence-corrected chi connectivity index (χ1v) is 7.22. The van der Waals surface area contributed by atoms with E-state index in [1.807, 2.05) is 45.2 Å². The second-order valence-corrected chi connectivity index (χ2v) is 5.59. The first-order valence-electron chi connectivity index (χ1n) is 7.22. The molecule has 1 heterocycles. The molecule has 0 spiro atoms. The molecule has 1 aromatic carbocycles. The Kier molecular flexibility index (Phi) is 4.96. The van der Waals surface area contributed by atoms with Crippen LogP contribution < -0.4 is 5.32 Å². The molecule has 0 saturated carbocycles. The van der Waals surface area contributed by atoms with Gasteiger partial charge in [0.2, 0.25) is 0 Å². The summed E-state index contributed by atoms with van der Waals surface area (Å²) in [4.78, 5) is 12.2. The summed E-state index contributed by atoms with van der Waals surface area (Å²) in [6, 6.07) is 8.15. The number of hydrogen-bond donors (Lipinski definition) is 1. The van der Waals surface area contributed by atoms with Crippen molar-refractivity contribution in [1.29, 1.82) is 0 Å². The van der Waals surface area contributed by atoms with Crippen molar-refractivity contribution in [1.82, 2.24) is 0 Å². The number of hydrogen-bond acceptors (Lipinski definition) is 3. The fourth-order valence-electron chi connectivity index (χ4n) is 2.44. The number of nitrogens with one attached hydrogen (secondary N) is 1. The van der Waals surface area contributed by atoms with Gasteiger partial charge in [-0.2, -0.15) is 0 Å². The molecule has 0 amide bonds. The zero-order valence-corrected chi connectivity index (χ0v) is 12.5. The SMILES string of the molecule is CCC(=O)C(c1cccc(NC=C(C)C)c1)C1COC1. The number of allylic oxidation sites excluding steroid dienone is 1. The molecule has 1 fully saturated rings. The second kappa shape index (κ2) is 6.71. The summed E-state index contributed by atoms with van der Waals surface area (Å²) in [5, 5.41) is 3.27. The third-order valence-electron chi connectivity index (χ3n) is 3.60. The van der Waals surface area contributed by atoms with E-state index in [4.69, 9.17) is 4.74 Å². The van der Waals surface area contributed by atoms with Crippen LogP contribution in [-0.2, 0) is 9.53 Å². The number of rotatable bonds is 6. The number of benzene rings is 1. The largest absolute Gasteiger partial charge is 0.381 e. The fourth-order valence-corrected chi connectivity index (χ4v) is 2.44. The first kappa shape index (κ1) is 14.8. The molecule has 3 nitrogen and oxygen atoms in total. The highest BCUT2D eigenvalue weighted by Crippen LogP contribution is 2.33. The maximum atomic E-state index is 12.2. The second-order valence-electron chi connectivity index (χ2n) is 5.59. The van der Waals surface area contributed by atoms with Crippen molar-refractivity contribution in [2.45, 2.75) is 33.1 Å². The van der Waals surface area contributed by atoms with Crippen molar-refractivity contribution in [3.63, 3.8) is 0 Å². The molecule has 3 heteroatoms. The van der Waals surface area contributed by atoms with Gasteiger partial charge in [0.25, 0.3) is 0 Å². The van der Waals surface area contributed by atoms with Crippen LogP contribution in [-0.4, -0.2) is 19.0 Å². The standard InChI is InChI=1S/C17H23NO2/c1-4-16(19)17(14-10-20-11-14)13-6-5-7-15(8-13)18-9-12(2)3/h5-9,14,17-18H,4,10-11H2,1-3H3. The Morgan fingerprint density at radius 1 is 1.45 bits per heavy atom. The van der Waals surface area contributed by atoms with E-state index in [0.29, 0.717) is 31.3 Å². The van der Waals surface area contributed by atoms with E-state index >= 15 is 0 Å². The number of carbonyl (C=O) groups excluding carboxylic acids is 1. The van der Waals surface area contributed by atoms with Crippen LogP contribution in [0.2, 0.25) is 0 Å². The Hall–Kier alpha value is -1.61. The molecule has 1 N–H and O–H groups in total. The smallest absolute Gasteiger partial charge is 0.140 e. The minimum absolute atomic E-state index is 0.0257. The lowest BCUT2D eigenvalue weighted by Crippen LogP contribution is -2.36. The average Bonchev–Trinajstić information content (AvgIpc) is 2.39. The number of ether oxygens (including phenoxy) is 1. The fraction of sp³-hybridized carbons (Fsp3) is 0.471. The lowest BCUT2D eigenvalue weighted by atomic mass is 9.81. The first-order chi connectivity index (χ1) is 9.61. The van der Waals surface area contributed by atoms with Crippen LogP contribution in [0, 0.1) is 5.92 Å². The summed E-state index contributed by atoms with van der Waals surface area (Å²) < 4.78 is 5.26. The van der Waals surface area contributed by atoms with Gasteiger partial charge < -0.3 is 10.1 Å². The molecule has 1 aliphatic rings. The van der Waals surface area contributed by atoms with Crippen LogP contribution in [0.25, 0.3) is 0 Å². The third-order valence-corrected chi connectivity index (χ3v) is 3.60. The van der Waals surface area contributed by atoms with E-state index in [1.165, 1.54) is 5.57 Å². The average molecular weight is 273 g/mol. The quantitative estimate of drug-likeness (QED) is 0.858. The van der Waals surface area contributed by atoms with Gasteiger partial charge in [0, 0.05) is 23.9 Å². The van der Waals surface area contributed by atoms with Gasteiger partial charge in [-0.15, -0.1) is 0 Å². The van der Waals surface area contributed by atoms with Gasteiger partial charge >= 0.3 is 0 Å². The summed E-state index contributed by atoms with van der Waals surface area (Å²) in [6.07, 6.45) is 2.55. The number of Topliss-reactive ketones (excluding diaryl/α,β-unsaturated/α-hetero) is 1. The molecule has 1 aromatic rings. The molecular weight excluding hydrogens is 250 g/mol. The van der Waals surface area contributed by atoms with Gasteiger partial charge in [0.15, 0.2) is 0 Å². The van der Waals surface area contributed by atoms with Gasteiger partial charge in [-0.1, -0.05) is 24.6 Å². The van der Waals surface area contributed by atoms with E-state index in [-0.39, 0.29) is 5.92 Å². The highest BCUT2D eigenvalue weighted by molar-refractivity contribution is 5.86. The zero-order chi connectivity index (χ0) is 14.5. The highest BCUT2D eigenvalue weighted by atomic mass is 16.5. The molecule has 1 saturated heterocycles. The molecule has 2 rings (SSSR count). The minimum atomic E-state index is -0.0257. The van der Waals surface area contributed by atoms with Crippen LogP contribution in [0.3, 0.4) is 0 Å². The Bertz CT molecular complexity index is 499. The Morgan fingerprint density at radius 3 is 2.75 bits per heavy atom. The predicted octanol–water partition coefficient (Wildman–Crippen LogP) is 3.73. The summed E-state index contributed by atoms with van der Waals surface area (Å²) >= 11 is 0. The Morgan fingerprint density at radius 2 is 2.20 bits per heavy atom. The van der Waals surface area contributed by atoms with Crippen LogP contribution >= 0.6 is 0 Å². The molecule has 1 unspecified atom stereocenters. The van der Waals surface area contributed by atoms with Crippen molar-refractivity contribution in [3.8, 4) is 0 Å². The van der Waals surface area contributed by atoms with Crippen molar-refractivity contribution in [3.05, 3.63) is 41.6 Å². The molecule has 0 radical (unpaired) electrons. The molecule has 0 aromatic heterocycles. The molecular formula is C17H23NO2. The topological polar surface area (TPSA) is 38.3 Å². The van der Waals surface area contributed by atoms with E-state index in [9.17, 15) is 4.79 Å². The predicted molar refractivity (Wildman–Crippen MR) is 81.8 cm³/mol. The van der Waals surface area contributed by atoms with E-state index in [2.05, 4.69) is 11.4 Å². The van der Waals surface area contributed by atoms with E-state index in [1.54, 1.807) is 0 Å². The van der Waals surface area contributed by atoms with Gasteiger partial charge in [-0.3, -0.25) is 4.79 Å². The lowest BCUT2D eigenvalue weighted by molar-refractivity contribution is -0.127. The lowest BCUT2D eigenvalue weighted by Gasteiger charge is -2.33. The molecule has 20 heavy (non-hydrogen) atoms. The minimum Gasteiger partial charge on any atom is -0.381 e. The monoisotopic (exact) mass is 273 g/mol. The normalized spacial score (nSPS) is 16.1. The van der Waals surface area contributed by atoms with Crippen LogP contribution in [0.15, 0.2) is 36.0 Å². The summed E-state index contributed by atoms with van der Waals surface area (Å²) in [7, 11) is 0. The van der Waals surface area contributed by atoms with E-state index < -0.39 is 0 Å². The molecule has 0 aliphatic carbocycles. The molecule has 108 valence electrons. The molecule has 1 atom stereocenters. The van der Waals surface area contributed by atoms with Gasteiger partial charge in [-0.05, 0) is 37.7 Å². The number of carbonyl (C=O) groups is 1. The summed E-state index contributed by atoms with van der Waals surface area (Å²) in [5.74, 6) is 0.612. The number of ketones is 1. The Labute approximate surface area is 121 Å². The van der Waals surface area contributed by atoms with Gasteiger partial charge in [0.05, 0.1) is 13.2 Å². The third kappa shape index (κ3) is 3.48. The van der Waals surface area contributed by atoms with Crippen LogP contribution in [0.5, 0.6) is 0 Å². The molecule has 0 bridgehead atoms. The van der Waals surface area contributed by atoms with Gasteiger partial charge in [-0.25, -0.2) is 0 Å². The molecule has 1 aliphatic heterocycles. The summed E-state index contributed by atoms with van der Waals surface area (Å²) in [5.41, 5.74) is 3.33. The Balaban J connectivity index is 2.22. The van der Waals surface area contributed by atoms with E-state index in [0.717, 1.165) is 11.3 Å². The van der Waals surface area contributed by atoms with Crippen molar-refractivity contribution in [2.24, 2.45) is 5.92 Å². The van der Waals surface area contributed by atoms with Crippen molar-refractivity contribution < 1.29 is 9.53 Å². The summed E-state index contributed by atoms with van der Waals surface area (Å²) in [6.45, 7) is 7.42. The van der Waals surface area contributed by atoms with Crippen LogP contribution in [0.1, 0.15) is 38.7 Å². The van der Waals surface area contributed by atoms with Crippen LogP contribution in [0.4, 0.5) is 5.69 Å². The highest BCUT2D eigenvalue weighted by Gasteiger charge is 2.33. The van der Waals surface area contributed by atoms with Crippen molar-refractivity contribution >= 4 is 11.5 Å². The van der Waals surface area contributed by atoms with Crippen molar-refractivity contribution in [2.75, 3.05) is 18.5 Å². The maximum absolute atomic E-state index is 12.2.